The van der Waals surface area contributed by atoms with Gasteiger partial charge in [-0.3, -0.25) is 9.69 Å². The maximum Gasteiger partial charge on any atom is 0.317 e. The molecule has 0 spiro atoms. The molecule has 2 rings (SSSR count). The van der Waals surface area contributed by atoms with E-state index in [1.807, 2.05) is 11.8 Å². The molecule has 3 N–H and O–H groups in total. The first-order valence-corrected chi connectivity index (χ1v) is 7.90. The molecule has 1 saturated carbocycles. The van der Waals surface area contributed by atoms with E-state index < -0.39 is 5.97 Å². The number of piperidine rings is 1. The number of nitrogens with one attached hydrogen (secondary N) is 1. The molecule has 1 aliphatic carbocycles. The third kappa shape index (κ3) is 4.72. The summed E-state index contributed by atoms with van der Waals surface area (Å²) in [5, 5.41) is 22.4. The zero-order valence-electron chi connectivity index (χ0n) is 12.4. The quantitative estimate of drug-likeness (QED) is 0.676. The molecule has 0 bridgehead atoms. The highest BCUT2D eigenvalue weighted by molar-refractivity contribution is 5.69. The number of nitrogens with zero attached hydrogens (tertiary/aromatic N) is 1. The van der Waals surface area contributed by atoms with Crippen molar-refractivity contribution in [1.29, 1.82) is 0 Å². The molecule has 3 unspecified atom stereocenters. The highest BCUT2D eigenvalue weighted by Crippen LogP contribution is 2.25. The summed E-state index contributed by atoms with van der Waals surface area (Å²) in [7, 11) is 0. The van der Waals surface area contributed by atoms with E-state index in [1.54, 1.807) is 0 Å². The molecule has 0 aromatic carbocycles. The molecule has 2 fully saturated rings. The summed E-state index contributed by atoms with van der Waals surface area (Å²) >= 11 is 0. The van der Waals surface area contributed by atoms with Gasteiger partial charge >= 0.3 is 5.97 Å². The van der Waals surface area contributed by atoms with Gasteiger partial charge in [-0.05, 0) is 44.6 Å². The molecule has 116 valence electrons. The van der Waals surface area contributed by atoms with E-state index in [0.29, 0.717) is 12.6 Å². The Morgan fingerprint density at radius 3 is 2.65 bits per heavy atom. The average molecular weight is 284 g/mol. The molecule has 2 aliphatic rings. The minimum Gasteiger partial charge on any atom is -0.480 e. The molecule has 5 heteroatoms. The maximum atomic E-state index is 10.9. The van der Waals surface area contributed by atoms with Crippen molar-refractivity contribution in [2.45, 2.75) is 51.2 Å². The van der Waals surface area contributed by atoms with Crippen molar-refractivity contribution in [3.63, 3.8) is 0 Å². The van der Waals surface area contributed by atoms with Crippen LogP contribution in [0.25, 0.3) is 0 Å². The Bertz CT molecular complexity index is 316. The van der Waals surface area contributed by atoms with E-state index in [1.165, 1.54) is 25.7 Å². The van der Waals surface area contributed by atoms with Crippen LogP contribution in [0.15, 0.2) is 0 Å². The van der Waals surface area contributed by atoms with Crippen molar-refractivity contribution in [2.75, 3.05) is 26.2 Å². The summed E-state index contributed by atoms with van der Waals surface area (Å²) in [6, 6.07) is 0.309. The van der Waals surface area contributed by atoms with E-state index in [0.717, 1.165) is 25.4 Å². The molecule has 1 aliphatic heterocycles. The molecule has 20 heavy (non-hydrogen) atoms. The van der Waals surface area contributed by atoms with E-state index in [9.17, 15) is 9.90 Å². The van der Waals surface area contributed by atoms with Crippen LogP contribution in [0.3, 0.4) is 0 Å². The highest BCUT2D eigenvalue weighted by atomic mass is 16.4. The van der Waals surface area contributed by atoms with Gasteiger partial charge in [-0.15, -0.1) is 0 Å². The average Bonchev–Trinajstić information content (AvgIpc) is 2.88. The second kappa shape index (κ2) is 7.38. The number of aliphatic hydroxyl groups excluding tert-OH is 1. The Morgan fingerprint density at radius 2 is 2.05 bits per heavy atom. The first kappa shape index (κ1) is 15.7. The first-order chi connectivity index (χ1) is 9.54. The van der Waals surface area contributed by atoms with Crippen LogP contribution in [0, 0.1) is 11.8 Å². The molecular formula is C15H28N2O3. The number of aliphatic hydroxyl groups is 1. The van der Waals surface area contributed by atoms with Gasteiger partial charge < -0.3 is 15.5 Å². The van der Waals surface area contributed by atoms with Gasteiger partial charge in [0, 0.05) is 19.1 Å². The van der Waals surface area contributed by atoms with E-state index in [-0.39, 0.29) is 18.6 Å². The Balaban J connectivity index is 1.83. The SMILES string of the molecule is CC(O)C1CC(NCC2CCCC2)CN(CC(=O)O)C1. The van der Waals surface area contributed by atoms with Gasteiger partial charge in [-0.1, -0.05) is 12.8 Å². The van der Waals surface area contributed by atoms with Crippen LogP contribution in [0.2, 0.25) is 0 Å². The van der Waals surface area contributed by atoms with Crippen molar-refractivity contribution in [1.82, 2.24) is 10.2 Å². The number of likely N-dealkylation sites (tertiary alicyclic amines) is 1. The molecule has 0 amide bonds. The lowest BCUT2D eigenvalue weighted by molar-refractivity contribution is -0.139. The van der Waals surface area contributed by atoms with Crippen LogP contribution in [-0.4, -0.2) is 59.4 Å². The number of carboxylic acids is 1. The zero-order valence-corrected chi connectivity index (χ0v) is 12.4. The summed E-state index contributed by atoms with van der Waals surface area (Å²) in [6.07, 6.45) is 5.90. The Kier molecular flexibility index (Phi) is 5.81. The number of carboxylic acid groups (broad SMARTS) is 1. The predicted molar refractivity (Wildman–Crippen MR) is 77.6 cm³/mol. The van der Waals surface area contributed by atoms with Crippen molar-refractivity contribution in [3.05, 3.63) is 0 Å². The minimum atomic E-state index is -0.786. The molecule has 1 saturated heterocycles. The third-order valence-corrected chi connectivity index (χ3v) is 4.77. The first-order valence-electron chi connectivity index (χ1n) is 7.90. The normalized spacial score (nSPS) is 30.5. The van der Waals surface area contributed by atoms with Crippen LogP contribution in [0.1, 0.15) is 39.0 Å². The third-order valence-electron chi connectivity index (χ3n) is 4.77. The molecular weight excluding hydrogens is 256 g/mol. The van der Waals surface area contributed by atoms with Gasteiger partial charge in [-0.2, -0.15) is 0 Å². The standard InChI is InChI=1S/C15H28N2O3/c1-11(18)13-6-14(9-17(8-13)10-15(19)20)16-7-12-4-2-3-5-12/h11-14,16,18H,2-10H2,1H3,(H,19,20). The van der Waals surface area contributed by atoms with Crippen LogP contribution < -0.4 is 5.32 Å². The van der Waals surface area contributed by atoms with Crippen LogP contribution >= 0.6 is 0 Å². The summed E-state index contributed by atoms with van der Waals surface area (Å²) in [4.78, 5) is 12.8. The Labute approximate surface area is 121 Å². The fourth-order valence-corrected chi connectivity index (χ4v) is 3.60. The van der Waals surface area contributed by atoms with Crippen molar-refractivity contribution < 1.29 is 15.0 Å². The smallest absolute Gasteiger partial charge is 0.317 e. The van der Waals surface area contributed by atoms with E-state index in [4.69, 9.17) is 5.11 Å². The molecule has 5 nitrogen and oxygen atoms in total. The highest BCUT2D eigenvalue weighted by Gasteiger charge is 2.31. The molecule has 0 aromatic heterocycles. The fraction of sp³-hybridized carbons (Fsp3) is 0.933. The lowest BCUT2D eigenvalue weighted by atomic mass is 9.90. The number of aliphatic carboxylic acids is 1. The van der Waals surface area contributed by atoms with Crippen molar-refractivity contribution in [3.8, 4) is 0 Å². The van der Waals surface area contributed by atoms with Gasteiger partial charge in [0.1, 0.15) is 0 Å². The summed E-state index contributed by atoms with van der Waals surface area (Å²) in [5.74, 6) is 0.171. The van der Waals surface area contributed by atoms with E-state index >= 15 is 0 Å². The lowest BCUT2D eigenvalue weighted by Gasteiger charge is -2.39. The summed E-state index contributed by atoms with van der Waals surface area (Å²) in [5.41, 5.74) is 0. The van der Waals surface area contributed by atoms with Gasteiger partial charge in [0.2, 0.25) is 0 Å². The minimum absolute atomic E-state index is 0.0742. The Hall–Kier alpha value is -0.650. The fourth-order valence-electron chi connectivity index (χ4n) is 3.60. The molecule has 0 radical (unpaired) electrons. The second-order valence-electron chi connectivity index (χ2n) is 6.58. The number of hydrogen-bond donors (Lipinski definition) is 3. The van der Waals surface area contributed by atoms with Gasteiger partial charge in [0.25, 0.3) is 0 Å². The van der Waals surface area contributed by atoms with Crippen LogP contribution in [-0.2, 0) is 4.79 Å². The number of carbonyl (C=O) groups is 1. The zero-order chi connectivity index (χ0) is 14.5. The van der Waals surface area contributed by atoms with Crippen LogP contribution in [0.4, 0.5) is 0 Å². The monoisotopic (exact) mass is 284 g/mol. The Morgan fingerprint density at radius 1 is 1.35 bits per heavy atom. The van der Waals surface area contributed by atoms with Crippen LogP contribution in [0.5, 0.6) is 0 Å². The lowest BCUT2D eigenvalue weighted by Crippen LogP contribution is -2.53. The number of hydrogen-bond acceptors (Lipinski definition) is 4. The topological polar surface area (TPSA) is 72.8 Å². The van der Waals surface area contributed by atoms with Gasteiger partial charge in [0.15, 0.2) is 0 Å². The van der Waals surface area contributed by atoms with Gasteiger partial charge in [0.05, 0.1) is 12.6 Å². The maximum absolute atomic E-state index is 10.9. The summed E-state index contributed by atoms with van der Waals surface area (Å²) < 4.78 is 0. The van der Waals surface area contributed by atoms with Crippen molar-refractivity contribution in [2.24, 2.45) is 11.8 Å². The largest absolute Gasteiger partial charge is 0.480 e. The summed E-state index contributed by atoms with van der Waals surface area (Å²) in [6.45, 7) is 4.39. The van der Waals surface area contributed by atoms with Crippen molar-refractivity contribution >= 4 is 5.97 Å². The van der Waals surface area contributed by atoms with E-state index in [2.05, 4.69) is 5.32 Å². The predicted octanol–water partition coefficient (Wildman–Crippen LogP) is 0.922. The molecule has 3 atom stereocenters. The molecule has 1 heterocycles. The number of rotatable bonds is 6. The van der Waals surface area contributed by atoms with Gasteiger partial charge in [-0.25, -0.2) is 0 Å². The second-order valence-corrected chi connectivity index (χ2v) is 6.58. The molecule has 0 aromatic rings.